The summed E-state index contributed by atoms with van der Waals surface area (Å²) in [5.74, 6) is 0.493. The van der Waals surface area contributed by atoms with Crippen LogP contribution in [0.15, 0.2) is 47.6 Å². The second-order valence-electron chi connectivity index (χ2n) is 5.05. The molecule has 0 amide bonds. The number of aryl methyl sites for hydroxylation is 1. The molecule has 21 heavy (non-hydrogen) atoms. The number of halogens is 1. The molecule has 2 rings (SSSR count). The Kier molecular flexibility index (Phi) is 7.28. The van der Waals surface area contributed by atoms with Crippen molar-refractivity contribution in [3.05, 3.63) is 48.2 Å². The molecule has 0 aliphatic carbocycles. The number of aromatic nitrogens is 1. The summed E-state index contributed by atoms with van der Waals surface area (Å²) < 4.78 is 0. The summed E-state index contributed by atoms with van der Waals surface area (Å²) >= 11 is 0. The second-order valence-corrected chi connectivity index (χ2v) is 5.05. The third-order valence-electron chi connectivity index (χ3n) is 3.12. The minimum atomic E-state index is 0. The number of nitrogens with zero attached hydrogens (tertiary/aromatic N) is 1. The zero-order valence-corrected chi connectivity index (χ0v) is 14.7. The fraction of sp³-hybridized carbons (Fsp3) is 0.312. The lowest BCUT2D eigenvalue weighted by molar-refractivity contribution is 0.770. The van der Waals surface area contributed by atoms with Crippen molar-refractivity contribution in [3.63, 3.8) is 0 Å². The maximum absolute atomic E-state index is 5.76. The number of rotatable bonds is 6. The number of nitrogens with two attached hydrogens (primary N) is 1. The molecule has 0 saturated carbocycles. The van der Waals surface area contributed by atoms with Crippen molar-refractivity contribution in [3.8, 4) is 0 Å². The van der Waals surface area contributed by atoms with E-state index in [-0.39, 0.29) is 24.0 Å². The number of benzene rings is 1. The van der Waals surface area contributed by atoms with Gasteiger partial charge in [-0.3, -0.25) is 0 Å². The Hall–Kier alpha value is -1.50. The molecule has 0 atom stereocenters. The number of hydrogen-bond donors (Lipinski definition) is 3. The van der Waals surface area contributed by atoms with Crippen LogP contribution in [0.1, 0.15) is 18.9 Å². The molecule has 0 aliphatic heterocycles. The number of aliphatic imine (C=N–C) groups is 1. The second kappa shape index (κ2) is 8.71. The highest BCUT2D eigenvalue weighted by molar-refractivity contribution is 14.0. The molecule has 114 valence electrons. The largest absolute Gasteiger partial charge is 0.370 e. The molecular formula is C16H23IN4. The van der Waals surface area contributed by atoms with Gasteiger partial charge in [-0.15, -0.1) is 24.0 Å². The number of H-pyrrole nitrogens is 1. The van der Waals surface area contributed by atoms with Gasteiger partial charge in [0.2, 0.25) is 0 Å². The number of fused-ring (bicyclic) bond motifs is 1. The molecule has 0 saturated heterocycles. The van der Waals surface area contributed by atoms with Crippen molar-refractivity contribution in [1.29, 1.82) is 0 Å². The van der Waals surface area contributed by atoms with Gasteiger partial charge in [-0.25, -0.2) is 4.99 Å². The molecule has 1 heterocycles. The van der Waals surface area contributed by atoms with Gasteiger partial charge in [-0.1, -0.05) is 30.4 Å². The summed E-state index contributed by atoms with van der Waals surface area (Å²) in [7, 11) is 0. The van der Waals surface area contributed by atoms with Gasteiger partial charge < -0.3 is 16.0 Å². The van der Waals surface area contributed by atoms with Gasteiger partial charge in [-0.2, -0.15) is 0 Å². The van der Waals surface area contributed by atoms with E-state index in [2.05, 4.69) is 46.3 Å². The van der Waals surface area contributed by atoms with Crippen LogP contribution in [-0.4, -0.2) is 24.0 Å². The van der Waals surface area contributed by atoms with Crippen LogP contribution in [0.4, 0.5) is 0 Å². The van der Waals surface area contributed by atoms with Crippen LogP contribution in [0.3, 0.4) is 0 Å². The van der Waals surface area contributed by atoms with Crippen LogP contribution in [0.2, 0.25) is 0 Å². The van der Waals surface area contributed by atoms with Gasteiger partial charge in [0.1, 0.15) is 0 Å². The maximum Gasteiger partial charge on any atom is 0.188 e. The molecule has 1 aromatic heterocycles. The van der Waals surface area contributed by atoms with Gasteiger partial charge in [0.15, 0.2) is 5.96 Å². The molecule has 1 aromatic carbocycles. The van der Waals surface area contributed by atoms with E-state index >= 15 is 0 Å². The Morgan fingerprint density at radius 1 is 1.38 bits per heavy atom. The van der Waals surface area contributed by atoms with E-state index in [1.807, 2.05) is 13.0 Å². The van der Waals surface area contributed by atoms with Crippen molar-refractivity contribution < 1.29 is 0 Å². The molecule has 5 heteroatoms. The Bertz CT molecular complexity index is 616. The number of guanidine groups is 1. The van der Waals surface area contributed by atoms with E-state index in [9.17, 15) is 0 Å². The zero-order valence-electron chi connectivity index (χ0n) is 12.4. The Balaban J connectivity index is 0.00000220. The monoisotopic (exact) mass is 398 g/mol. The first-order chi connectivity index (χ1) is 9.66. The first kappa shape index (κ1) is 17.6. The number of para-hydroxylation sites is 1. The lowest BCUT2D eigenvalue weighted by atomic mass is 10.1. The van der Waals surface area contributed by atoms with Crippen molar-refractivity contribution in [2.24, 2.45) is 10.7 Å². The van der Waals surface area contributed by atoms with E-state index in [1.54, 1.807) is 0 Å². The van der Waals surface area contributed by atoms with E-state index in [0.717, 1.165) is 25.0 Å². The van der Waals surface area contributed by atoms with Crippen LogP contribution >= 0.6 is 24.0 Å². The summed E-state index contributed by atoms with van der Waals surface area (Å²) in [4.78, 5) is 7.48. The van der Waals surface area contributed by atoms with Crippen LogP contribution < -0.4 is 11.1 Å². The van der Waals surface area contributed by atoms with E-state index in [4.69, 9.17) is 5.73 Å². The summed E-state index contributed by atoms with van der Waals surface area (Å²) in [5, 5.41) is 4.43. The molecular weight excluding hydrogens is 375 g/mol. The van der Waals surface area contributed by atoms with Crippen molar-refractivity contribution in [2.45, 2.75) is 19.8 Å². The summed E-state index contributed by atoms with van der Waals surface area (Å²) in [5.41, 5.74) is 9.31. The molecule has 0 unspecified atom stereocenters. The molecule has 0 fully saturated rings. The highest BCUT2D eigenvalue weighted by Gasteiger charge is 2.02. The first-order valence-electron chi connectivity index (χ1n) is 6.90. The number of nitrogens with one attached hydrogen (secondary N) is 2. The third-order valence-corrected chi connectivity index (χ3v) is 3.12. The van der Waals surface area contributed by atoms with E-state index < -0.39 is 0 Å². The highest BCUT2D eigenvalue weighted by Crippen LogP contribution is 2.18. The molecule has 0 aliphatic rings. The topological polar surface area (TPSA) is 66.2 Å². The van der Waals surface area contributed by atoms with Crippen LogP contribution in [0.5, 0.6) is 0 Å². The first-order valence-corrected chi connectivity index (χ1v) is 6.90. The molecule has 4 nitrogen and oxygen atoms in total. The molecule has 0 radical (unpaired) electrons. The average molecular weight is 398 g/mol. The van der Waals surface area contributed by atoms with Gasteiger partial charge in [0.05, 0.1) is 6.54 Å². The summed E-state index contributed by atoms with van der Waals surface area (Å²) in [6.45, 7) is 7.14. The number of aromatic amines is 1. The molecule has 0 spiro atoms. The van der Waals surface area contributed by atoms with Gasteiger partial charge >= 0.3 is 0 Å². The standard InChI is InChI=1S/C16H22N4.HI/c1-12(2)10-20-16(17)18-9-5-6-13-11-19-15-8-4-3-7-14(13)15;/h3-4,7-8,11,19H,1,5-6,9-10H2,2H3,(H3,17,18,20);1H. The van der Waals surface area contributed by atoms with Crippen molar-refractivity contribution >= 4 is 40.8 Å². The zero-order chi connectivity index (χ0) is 14.4. The van der Waals surface area contributed by atoms with Crippen molar-refractivity contribution in [2.75, 3.05) is 13.1 Å². The average Bonchev–Trinajstić information content (AvgIpc) is 2.85. The Labute approximate surface area is 142 Å². The SMILES string of the molecule is C=C(C)CN=C(N)NCCCc1c[nH]c2ccccc12.I. The van der Waals surface area contributed by atoms with E-state index in [1.165, 1.54) is 16.5 Å². The quantitative estimate of drug-likeness (QED) is 0.230. The van der Waals surface area contributed by atoms with E-state index in [0.29, 0.717) is 12.5 Å². The highest BCUT2D eigenvalue weighted by atomic mass is 127. The lowest BCUT2D eigenvalue weighted by Crippen LogP contribution is -2.32. The van der Waals surface area contributed by atoms with Gasteiger partial charge in [0.25, 0.3) is 0 Å². The fourth-order valence-corrected chi connectivity index (χ4v) is 2.11. The van der Waals surface area contributed by atoms with Crippen LogP contribution in [-0.2, 0) is 6.42 Å². The number of hydrogen-bond acceptors (Lipinski definition) is 1. The Morgan fingerprint density at radius 2 is 2.14 bits per heavy atom. The smallest absolute Gasteiger partial charge is 0.188 e. The lowest BCUT2D eigenvalue weighted by Gasteiger charge is -2.05. The maximum atomic E-state index is 5.76. The van der Waals surface area contributed by atoms with Crippen molar-refractivity contribution in [1.82, 2.24) is 10.3 Å². The normalized spacial score (nSPS) is 11.2. The van der Waals surface area contributed by atoms with Gasteiger partial charge in [0, 0.05) is 23.6 Å². The predicted molar refractivity (Wildman–Crippen MR) is 101 cm³/mol. The minimum absolute atomic E-state index is 0. The summed E-state index contributed by atoms with van der Waals surface area (Å²) in [6.07, 6.45) is 4.12. The fourth-order valence-electron chi connectivity index (χ4n) is 2.11. The molecule has 2 aromatic rings. The third kappa shape index (κ3) is 5.41. The molecule has 0 bridgehead atoms. The molecule has 4 N–H and O–H groups in total. The summed E-state index contributed by atoms with van der Waals surface area (Å²) in [6, 6.07) is 8.36. The minimum Gasteiger partial charge on any atom is -0.370 e. The van der Waals surface area contributed by atoms with Crippen LogP contribution in [0, 0.1) is 0 Å². The van der Waals surface area contributed by atoms with Gasteiger partial charge in [-0.05, 0) is 31.4 Å². The Morgan fingerprint density at radius 3 is 2.90 bits per heavy atom. The predicted octanol–water partition coefficient (Wildman–Crippen LogP) is 3.20. The van der Waals surface area contributed by atoms with Crippen LogP contribution in [0.25, 0.3) is 10.9 Å².